The van der Waals surface area contributed by atoms with Crippen molar-refractivity contribution in [2.24, 2.45) is 0 Å². The van der Waals surface area contributed by atoms with Crippen LogP contribution in [0.25, 0.3) is 0 Å². The van der Waals surface area contributed by atoms with Gasteiger partial charge in [-0.25, -0.2) is 0 Å². The monoisotopic (exact) mass is 199 g/mol. The maximum absolute atomic E-state index is 11.8. The number of amides is 1. The number of piperazine rings is 1. The summed E-state index contributed by atoms with van der Waals surface area (Å²) in [6.45, 7) is 8.41. The minimum atomic E-state index is -0.320. The molecular weight excluding hydrogens is 180 g/mol. The zero-order valence-corrected chi connectivity index (χ0v) is 9.76. The number of rotatable bonds is 3. The van der Waals surface area contributed by atoms with Crippen molar-refractivity contribution in [1.82, 2.24) is 10.2 Å². The molecule has 1 aliphatic heterocycles. The third-order valence-corrected chi connectivity index (χ3v) is 3.31. The molecule has 1 amide bonds. The molecular formula is C9H19N2OSi. The lowest BCUT2D eigenvalue weighted by molar-refractivity contribution is -0.134. The van der Waals surface area contributed by atoms with Gasteiger partial charge in [0.25, 0.3) is 0 Å². The van der Waals surface area contributed by atoms with E-state index in [4.69, 9.17) is 0 Å². The van der Waals surface area contributed by atoms with Crippen molar-refractivity contribution >= 4 is 14.7 Å². The fraction of sp³-hybridized carbons (Fsp3) is 0.889. The van der Waals surface area contributed by atoms with Crippen LogP contribution in [0.5, 0.6) is 0 Å². The van der Waals surface area contributed by atoms with Crippen molar-refractivity contribution in [3.63, 3.8) is 0 Å². The summed E-state index contributed by atoms with van der Waals surface area (Å²) in [4.78, 5) is 13.8. The van der Waals surface area contributed by atoms with E-state index in [-0.39, 0.29) is 14.8 Å². The van der Waals surface area contributed by atoms with Crippen molar-refractivity contribution in [3.8, 4) is 0 Å². The van der Waals surface area contributed by atoms with Crippen LogP contribution in [-0.2, 0) is 4.79 Å². The molecule has 1 heterocycles. The fourth-order valence-electron chi connectivity index (χ4n) is 1.65. The van der Waals surface area contributed by atoms with Crippen LogP contribution in [0.2, 0.25) is 13.1 Å². The molecule has 1 saturated heterocycles. The van der Waals surface area contributed by atoms with Gasteiger partial charge in [-0.05, 0) is 6.42 Å². The first kappa shape index (κ1) is 10.7. The molecule has 1 N–H and O–H groups in total. The first-order valence-corrected chi connectivity index (χ1v) is 7.67. The molecule has 75 valence electrons. The molecule has 0 aliphatic carbocycles. The number of hydrogen-bond acceptors (Lipinski definition) is 2. The van der Waals surface area contributed by atoms with E-state index in [1.54, 1.807) is 0 Å². The Labute approximate surface area is 82.1 Å². The molecule has 1 rings (SSSR count). The van der Waals surface area contributed by atoms with Crippen molar-refractivity contribution in [3.05, 3.63) is 0 Å². The molecule has 1 aliphatic rings. The number of nitrogens with zero attached hydrogens (tertiary/aromatic N) is 1. The van der Waals surface area contributed by atoms with E-state index >= 15 is 0 Å². The molecule has 0 saturated carbocycles. The highest BCUT2D eigenvalue weighted by Gasteiger charge is 2.26. The lowest BCUT2D eigenvalue weighted by Gasteiger charge is -2.33. The topological polar surface area (TPSA) is 32.3 Å². The lowest BCUT2D eigenvalue weighted by atomic mass is 10.1. The second-order valence-electron chi connectivity index (χ2n) is 3.88. The molecule has 13 heavy (non-hydrogen) atoms. The summed E-state index contributed by atoms with van der Waals surface area (Å²) in [5.41, 5.74) is 0. The third-order valence-electron chi connectivity index (χ3n) is 2.30. The van der Waals surface area contributed by atoms with Gasteiger partial charge in [0.2, 0.25) is 5.91 Å². The molecule has 0 spiro atoms. The molecule has 0 aromatic carbocycles. The Balaban J connectivity index is 2.50. The van der Waals surface area contributed by atoms with E-state index in [1.807, 2.05) is 4.90 Å². The summed E-state index contributed by atoms with van der Waals surface area (Å²) >= 11 is 0. The summed E-state index contributed by atoms with van der Waals surface area (Å²) in [7, 11) is -0.320. The fourth-order valence-corrected chi connectivity index (χ4v) is 2.73. The summed E-state index contributed by atoms with van der Waals surface area (Å²) < 4.78 is 0. The highest BCUT2D eigenvalue weighted by atomic mass is 28.3. The predicted octanol–water partition coefficient (Wildman–Crippen LogP) is 0.490. The molecule has 4 heteroatoms. The highest BCUT2D eigenvalue weighted by molar-refractivity contribution is 6.56. The molecule has 1 fully saturated rings. The van der Waals surface area contributed by atoms with E-state index in [1.165, 1.54) is 0 Å². The van der Waals surface area contributed by atoms with Crippen LogP contribution < -0.4 is 5.32 Å². The SMILES string of the molecule is CCC1NCCN(C[Si](C)C)C1=O. The zero-order valence-electron chi connectivity index (χ0n) is 8.76. The van der Waals surface area contributed by atoms with Gasteiger partial charge in [-0.3, -0.25) is 4.79 Å². The summed E-state index contributed by atoms with van der Waals surface area (Å²) in [5, 5.41) is 3.24. The average molecular weight is 199 g/mol. The molecule has 1 atom stereocenters. The van der Waals surface area contributed by atoms with Crippen molar-refractivity contribution in [2.45, 2.75) is 32.5 Å². The Morgan fingerprint density at radius 1 is 1.62 bits per heavy atom. The smallest absolute Gasteiger partial charge is 0.239 e. The predicted molar refractivity (Wildman–Crippen MR) is 56.1 cm³/mol. The van der Waals surface area contributed by atoms with Crippen molar-refractivity contribution < 1.29 is 4.79 Å². The van der Waals surface area contributed by atoms with E-state index in [9.17, 15) is 4.79 Å². The second kappa shape index (κ2) is 4.76. The molecule has 1 radical (unpaired) electrons. The molecule has 3 nitrogen and oxygen atoms in total. The summed E-state index contributed by atoms with van der Waals surface area (Å²) in [6.07, 6.45) is 1.91. The van der Waals surface area contributed by atoms with Crippen LogP contribution in [0.15, 0.2) is 0 Å². The van der Waals surface area contributed by atoms with E-state index < -0.39 is 0 Å². The number of hydrogen-bond donors (Lipinski definition) is 1. The highest BCUT2D eigenvalue weighted by Crippen LogP contribution is 2.04. The Morgan fingerprint density at radius 2 is 2.31 bits per heavy atom. The summed E-state index contributed by atoms with van der Waals surface area (Å²) in [6, 6.07) is 0.0788. The van der Waals surface area contributed by atoms with Crippen LogP contribution in [0.1, 0.15) is 13.3 Å². The van der Waals surface area contributed by atoms with E-state index in [0.29, 0.717) is 5.91 Å². The lowest BCUT2D eigenvalue weighted by Crippen LogP contribution is -2.56. The van der Waals surface area contributed by atoms with Gasteiger partial charge in [-0.2, -0.15) is 0 Å². The van der Waals surface area contributed by atoms with Crippen molar-refractivity contribution in [1.29, 1.82) is 0 Å². The van der Waals surface area contributed by atoms with Gasteiger partial charge < -0.3 is 10.2 Å². The quantitative estimate of drug-likeness (QED) is 0.671. The number of nitrogens with one attached hydrogen (secondary N) is 1. The molecule has 0 aromatic rings. The van der Waals surface area contributed by atoms with Crippen LogP contribution in [0.4, 0.5) is 0 Å². The Bertz CT molecular complexity index is 184. The maximum atomic E-state index is 11.8. The Kier molecular flexibility index (Phi) is 3.93. The van der Waals surface area contributed by atoms with Gasteiger partial charge in [0.1, 0.15) is 0 Å². The van der Waals surface area contributed by atoms with Gasteiger partial charge in [0, 0.05) is 19.3 Å². The van der Waals surface area contributed by atoms with Crippen LogP contribution in [0.3, 0.4) is 0 Å². The van der Waals surface area contributed by atoms with Crippen LogP contribution >= 0.6 is 0 Å². The Hall–Kier alpha value is -0.353. The molecule has 0 bridgehead atoms. The minimum Gasteiger partial charge on any atom is -0.343 e. The van der Waals surface area contributed by atoms with Crippen LogP contribution in [-0.4, -0.2) is 44.9 Å². The molecule has 1 unspecified atom stereocenters. The largest absolute Gasteiger partial charge is 0.343 e. The molecule has 0 aromatic heterocycles. The van der Waals surface area contributed by atoms with Gasteiger partial charge in [-0.15, -0.1) is 0 Å². The zero-order chi connectivity index (χ0) is 9.84. The van der Waals surface area contributed by atoms with Crippen LogP contribution in [0, 0.1) is 0 Å². The average Bonchev–Trinajstić information content (AvgIpc) is 2.08. The maximum Gasteiger partial charge on any atom is 0.239 e. The van der Waals surface area contributed by atoms with Gasteiger partial charge in [0.15, 0.2) is 0 Å². The number of carbonyl (C=O) groups excluding carboxylic acids is 1. The minimum absolute atomic E-state index is 0.0788. The Morgan fingerprint density at radius 3 is 2.85 bits per heavy atom. The van der Waals surface area contributed by atoms with E-state index in [2.05, 4.69) is 25.3 Å². The van der Waals surface area contributed by atoms with Gasteiger partial charge >= 0.3 is 0 Å². The standard InChI is InChI=1S/C9H19N2OSi/c1-4-8-9(12)11(6-5-10-8)7-13(2)3/h8,10H,4-7H2,1-3H3. The van der Waals surface area contributed by atoms with E-state index in [0.717, 1.165) is 25.7 Å². The normalized spacial score (nSPS) is 24.2. The third kappa shape index (κ3) is 2.81. The second-order valence-corrected chi connectivity index (χ2v) is 6.61. The first-order valence-electron chi connectivity index (χ1n) is 4.96. The van der Waals surface area contributed by atoms with Gasteiger partial charge in [-0.1, -0.05) is 20.0 Å². The first-order chi connectivity index (χ1) is 6.15. The summed E-state index contributed by atoms with van der Waals surface area (Å²) in [5.74, 6) is 0.306. The number of carbonyl (C=O) groups is 1. The van der Waals surface area contributed by atoms with Gasteiger partial charge in [0.05, 0.1) is 14.8 Å². The van der Waals surface area contributed by atoms with Crippen molar-refractivity contribution in [2.75, 3.05) is 19.3 Å².